The molecule has 0 spiro atoms. The van der Waals surface area contributed by atoms with Gasteiger partial charge in [0.15, 0.2) is 0 Å². The third-order valence-electron chi connectivity index (χ3n) is 3.30. The van der Waals surface area contributed by atoms with Crippen molar-refractivity contribution in [2.24, 2.45) is 0 Å². The first-order chi connectivity index (χ1) is 10.7. The SMILES string of the molecule is Cc1nn(C(C)C(=O)Nc2ccccc2C(F)(F)F)cc1C#N. The van der Waals surface area contributed by atoms with Gasteiger partial charge in [0.1, 0.15) is 12.1 Å². The van der Waals surface area contributed by atoms with E-state index in [0.717, 1.165) is 6.07 Å². The minimum atomic E-state index is -4.57. The number of anilines is 1. The molecule has 1 unspecified atom stereocenters. The van der Waals surface area contributed by atoms with Gasteiger partial charge < -0.3 is 5.32 Å². The lowest BCUT2D eigenvalue weighted by atomic mass is 10.1. The first-order valence-electron chi connectivity index (χ1n) is 6.67. The lowest BCUT2D eigenvalue weighted by Crippen LogP contribution is -2.25. The van der Waals surface area contributed by atoms with E-state index in [1.807, 2.05) is 6.07 Å². The molecule has 2 rings (SSSR count). The molecule has 1 N–H and O–H groups in total. The van der Waals surface area contributed by atoms with Crippen LogP contribution in [0.1, 0.15) is 29.8 Å². The Morgan fingerprint density at radius 3 is 2.61 bits per heavy atom. The number of aromatic nitrogens is 2. The molecule has 0 aliphatic carbocycles. The Hall–Kier alpha value is -2.82. The van der Waals surface area contributed by atoms with Gasteiger partial charge in [-0.05, 0) is 26.0 Å². The second-order valence-electron chi connectivity index (χ2n) is 4.93. The molecule has 0 aliphatic rings. The number of nitrogens with one attached hydrogen (secondary N) is 1. The van der Waals surface area contributed by atoms with Crippen LogP contribution < -0.4 is 5.32 Å². The topological polar surface area (TPSA) is 70.7 Å². The Balaban J connectivity index is 2.24. The third kappa shape index (κ3) is 3.51. The number of carbonyl (C=O) groups is 1. The molecule has 0 aliphatic heterocycles. The summed E-state index contributed by atoms with van der Waals surface area (Å²) in [6, 6.07) is 5.79. The van der Waals surface area contributed by atoms with E-state index in [-0.39, 0.29) is 5.69 Å². The molecule has 1 atom stereocenters. The third-order valence-corrected chi connectivity index (χ3v) is 3.30. The van der Waals surface area contributed by atoms with Gasteiger partial charge in [-0.3, -0.25) is 9.48 Å². The summed E-state index contributed by atoms with van der Waals surface area (Å²) in [4.78, 5) is 12.2. The van der Waals surface area contributed by atoms with E-state index in [2.05, 4.69) is 10.4 Å². The van der Waals surface area contributed by atoms with Gasteiger partial charge in [0.2, 0.25) is 5.91 Å². The Morgan fingerprint density at radius 1 is 1.39 bits per heavy atom. The normalized spacial score (nSPS) is 12.5. The van der Waals surface area contributed by atoms with Crippen molar-refractivity contribution >= 4 is 11.6 Å². The van der Waals surface area contributed by atoms with Crippen LogP contribution in [0.5, 0.6) is 0 Å². The first-order valence-corrected chi connectivity index (χ1v) is 6.67. The highest BCUT2D eigenvalue weighted by molar-refractivity contribution is 5.94. The molecule has 5 nitrogen and oxygen atoms in total. The fourth-order valence-corrected chi connectivity index (χ4v) is 1.99. The highest BCUT2D eigenvalue weighted by Gasteiger charge is 2.34. The van der Waals surface area contributed by atoms with Crippen LogP contribution in [0, 0.1) is 18.3 Å². The zero-order valence-electron chi connectivity index (χ0n) is 12.3. The average molecular weight is 322 g/mol. The molecule has 0 saturated carbocycles. The van der Waals surface area contributed by atoms with Crippen molar-refractivity contribution in [3.8, 4) is 6.07 Å². The number of aryl methyl sites for hydroxylation is 1. The molecule has 0 fully saturated rings. The number of benzene rings is 1. The number of alkyl halides is 3. The highest BCUT2D eigenvalue weighted by Crippen LogP contribution is 2.34. The van der Waals surface area contributed by atoms with Gasteiger partial charge in [0.05, 0.1) is 22.5 Å². The van der Waals surface area contributed by atoms with Gasteiger partial charge in [-0.15, -0.1) is 0 Å². The maximum Gasteiger partial charge on any atom is 0.418 e. The lowest BCUT2D eigenvalue weighted by molar-refractivity contribution is -0.137. The van der Waals surface area contributed by atoms with Gasteiger partial charge in [-0.1, -0.05) is 12.1 Å². The highest BCUT2D eigenvalue weighted by atomic mass is 19.4. The average Bonchev–Trinajstić information content (AvgIpc) is 2.87. The maximum absolute atomic E-state index is 12.9. The fraction of sp³-hybridized carbons (Fsp3) is 0.267. The molecule has 1 amide bonds. The second-order valence-corrected chi connectivity index (χ2v) is 4.93. The van der Waals surface area contributed by atoms with Crippen molar-refractivity contribution in [3.63, 3.8) is 0 Å². The summed E-state index contributed by atoms with van der Waals surface area (Å²) >= 11 is 0. The van der Waals surface area contributed by atoms with Crippen molar-refractivity contribution in [2.75, 3.05) is 5.32 Å². The zero-order chi connectivity index (χ0) is 17.2. The number of hydrogen-bond donors (Lipinski definition) is 1. The van der Waals surface area contributed by atoms with Crippen molar-refractivity contribution < 1.29 is 18.0 Å². The van der Waals surface area contributed by atoms with E-state index in [0.29, 0.717) is 11.3 Å². The zero-order valence-corrected chi connectivity index (χ0v) is 12.3. The Labute approximate surface area is 130 Å². The molecule has 0 radical (unpaired) electrons. The van der Waals surface area contributed by atoms with Gasteiger partial charge in [0, 0.05) is 6.20 Å². The number of para-hydroxylation sites is 1. The van der Waals surface area contributed by atoms with E-state index in [1.165, 1.54) is 36.0 Å². The number of hydrogen-bond acceptors (Lipinski definition) is 3. The van der Waals surface area contributed by atoms with Gasteiger partial charge in [0.25, 0.3) is 0 Å². The van der Waals surface area contributed by atoms with Gasteiger partial charge >= 0.3 is 6.18 Å². The van der Waals surface area contributed by atoms with Crippen molar-refractivity contribution in [2.45, 2.75) is 26.1 Å². The smallest absolute Gasteiger partial charge is 0.324 e. The van der Waals surface area contributed by atoms with Gasteiger partial charge in [-0.25, -0.2) is 0 Å². The summed E-state index contributed by atoms with van der Waals surface area (Å²) in [5.74, 6) is -0.659. The number of amides is 1. The molecule has 1 aromatic carbocycles. The number of carbonyl (C=O) groups excluding carboxylic acids is 1. The molecule has 1 heterocycles. The van der Waals surface area contributed by atoms with Crippen LogP contribution in [-0.2, 0) is 11.0 Å². The Bertz CT molecular complexity index is 774. The maximum atomic E-state index is 12.9. The minimum Gasteiger partial charge on any atom is -0.324 e. The van der Waals surface area contributed by atoms with Crippen molar-refractivity contribution in [3.05, 3.63) is 47.3 Å². The molecule has 1 aromatic heterocycles. The molecular formula is C15H13F3N4O. The summed E-state index contributed by atoms with van der Waals surface area (Å²) in [5.41, 5.74) is -0.487. The monoisotopic (exact) mass is 322 g/mol. The van der Waals surface area contributed by atoms with Crippen molar-refractivity contribution in [1.82, 2.24) is 9.78 Å². The number of nitriles is 1. The molecule has 120 valence electrons. The van der Waals surface area contributed by atoms with Crippen LogP contribution in [0.3, 0.4) is 0 Å². The van der Waals surface area contributed by atoms with Crippen LogP contribution in [0.4, 0.5) is 18.9 Å². The van der Waals surface area contributed by atoms with E-state index < -0.39 is 23.7 Å². The minimum absolute atomic E-state index is 0.306. The quantitative estimate of drug-likeness (QED) is 0.942. The van der Waals surface area contributed by atoms with Crippen LogP contribution >= 0.6 is 0 Å². The Morgan fingerprint density at radius 2 is 2.04 bits per heavy atom. The van der Waals surface area contributed by atoms with Crippen LogP contribution in [0.25, 0.3) is 0 Å². The van der Waals surface area contributed by atoms with E-state index in [1.54, 1.807) is 6.92 Å². The predicted octanol–water partition coefficient (Wildman–Crippen LogP) is 3.28. The standard InChI is InChI=1S/C15H13F3N4O/c1-9-11(7-19)8-22(21-9)10(2)14(23)20-13-6-4-3-5-12(13)15(16,17)18/h3-6,8,10H,1-2H3,(H,20,23). The van der Waals surface area contributed by atoms with E-state index in [9.17, 15) is 18.0 Å². The molecule has 8 heteroatoms. The summed E-state index contributed by atoms with van der Waals surface area (Å²) in [7, 11) is 0. The summed E-state index contributed by atoms with van der Waals surface area (Å²) in [6.07, 6.45) is -3.18. The number of rotatable bonds is 3. The number of nitrogens with zero attached hydrogens (tertiary/aromatic N) is 3. The van der Waals surface area contributed by atoms with Crippen LogP contribution in [-0.4, -0.2) is 15.7 Å². The van der Waals surface area contributed by atoms with Crippen LogP contribution in [0.15, 0.2) is 30.5 Å². The molecular weight excluding hydrogens is 309 g/mol. The second kappa shape index (κ2) is 6.12. The summed E-state index contributed by atoms with van der Waals surface area (Å²) < 4.78 is 40.0. The molecule has 0 saturated heterocycles. The summed E-state index contributed by atoms with van der Waals surface area (Å²) in [5, 5.41) is 15.2. The largest absolute Gasteiger partial charge is 0.418 e. The van der Waals surface area contributed by atoms with Gasteiger partial charge in [-0.2, -0.15) is 23.5 Å². The molecule has 23 heavy (non-hydrogen) atoms. The summed E-state index contributed by atoms with van der Waals surface area (Å²) in [6.45, 7) is 3.10. The van der Waals surface area contributed by atoms with E-state index in [4.69, 9.17) is 5.26 Å². The fourth-order valence-electron chi connectivity index (χ4n) is 1.99. The van der Waals surface area contributed by atoms with Crippen molar-refractivity contribution in [1.29, 1.82) is 5.26 Å². The lowest BCUT2D eigenvalue weighted by Gasteiger charge is -2.16. The molecule has 0 bridgehead atoms. The Kier molecular flexibility index (Phi) is 4.40. The molecule has 2 aromatic rings. The first kappa shape index (κ1) is 16.5. The number of halogens is 3. The predicted molar refractivity (Wildman–Crippen MR) is 76.5 cm³/mol. The van der Waals surface area contributed by atoms with Crippen LogP contribution in [0.2, 0.25) is 0 Å². The van der Waals surface area contributed by atoms with E-state index >= 15 is 0 Å².